The summed E-state index contributed by atoms with van der Waals surface area (Å²) in [7, 11) is 1.60. The van der Waals surface area contributed by atoms with Gasteiger partial charge < -0.3 is 14.2 Å². The van der Waals surface area contributed by atoms with Crippen LogP contribution in [0.4, 0.5) is 0 Å². The molecule has 2 aromatic carbocycles. The molecule has 0 spiro atoms. The number of rotatable bonds is 9. The van der Waals surface area contributed by atoms with Crippen molar-refractivity contribution in [3.05, 3.63) is 60.2 Å². The van der Waals surface area contributed by atoms with E-state index in [-0.39, 0.29) is 12.2 Å². The lowest BCUT2D eigenvalue weighted by molar-refractivity contribution is -0.146. The van der Waals surface area contributed by atoms with Crippen LogP contribution in [-0.4, -0.2) is 31.6 Å². The second-order valence-corrected chi connectivity index (χ2v) is 5.49. The highest BCUT2D eigenvalue weighted by molar-refractivity contribution is 6.00. The lowest BCUT2D eigenvalue weighted by Gasteiger charge is -2.12. The maximum Gasteiger partial charge on any atom is 0.306 e. The summed E-state index contributed by atoms with van der Waals surface area (Å²) in [6.45, 7) is 1.98. The summed E-state index contributed by atoms with van der Waals surface area (Å²) in [5, 5.41) is 0. The van der Waals surface area contributed by atoms with Gasteiger partial charge in [0.25, 0.3) is 0 Å². The second kappa shape index (κ2) is 9.47. The predicted octanol–water partition coefficient (Wildman–Crippen LogP) is 3.67. The fraction of sp³-hybridized carbons (Fsp3) is 0.300. The van der Waals surface area contributed by atoms with Gasteiger partial charge in [0.2, 0.25) is 5.78 Å². The maximum absolute atomic E-state index is 12.1. The first-order valence-electron chi connectivity index (χ1n) is 8.15. The molecule has 0 aliphatic rings. The molecule has 2 aromatic rings. The molecule has 0 N–H and O–H groups in total. The first kappa shape index (κ1) is 18.5. The zero-order valence-electron chi connectivity index (χ0n) is 14.4. The van der Waals surface area contributed by atoms with Gasteiger partial charge in [0.1, 0.15) is 11.5 Å². The van der Waals surface area contributed by atoms with Crippen LogP contribution in [-0.2, 0) is 9.53 Å². The normalized spacial score (nSPS) is 11.4. The molecule has 0 aliphatic heterocycles. The van der Waals surface area contributed by atoms with Gasteiger partial charge in [-0.2, -0.15) is 0 Å². The number of ether oxygens (including phenoxy) is 3. The Balaban J connectivity index is 1.68. The molecule has 0 saturated heterocycles. The zero-order chi connectivity index (χ0) is 18.1. The third-order valence-electron chi connectivity index (χ3n) is 3.59. The van der Waals surface area contributed by atoms with Crippen LogP contribution in [0.3, 0.4) is 0 Å². The van der Waals surface area contributed by atoms with Gasteiger partial charge in [-0.15, -0.1) is 0 Å². The van der Waals surface area contributed by atoms with E-state index in [4.69, 9.17) is 14.2 Å². The number of Topliss-reactive ketones (excluding diaryl/α,β-unsaturated/α-hetero) is 1. The first-order valence-corrected chi connectivity index (χ1v) is 8.15. The van der Waals surface area contributed by atoms with Crippen molar-refractivity contribution >= 4 is 11.8 Å². The van der Waals surface area contributed by atoms with Crippen LogP contribution in [0.15, 0.2) is 54.6 Å². The summed E-state index contributed by atoms with van der Waals surface area (Å²) >= 11 is 0. The quantitative estimate of drug-likeness (QED) is 0.395. The van der Waals surface area contributed by atoms with Gasteiger partial charge in [0, 0.05) is 12.0 Å². The maximum atomic E-state index is 12.1. The van der Waals surface area contributed by atoms with Crippen LogP contribution < -0.4 is 9.47 Å². The Hall–Kier alpha value is -2.82. The van der Waals surface area contributed by atoms with E-state index in [2.05, 4.69) is 0 Å². The van der Waals surface area contributed by atoms with Crippen molar-refractivity contribution in [2.75, 3.05) is 13.7 Å². The highest BCUT2D eigenvalue weighted by atomic mass is 16.5. The number of esters is 1. The molecule has 0 amide bonds. The molecule has 1 unspecified atom stereocenters. The highest BCUT2D eigenvalue weighted by Crippen LogP contribution is 2.17. The van der Waals surface area contributed by atoms with Crippen LogP contribution in [0.1, 0.15) is 30.1 Å². The molecule has 0 aliphatic carbocycles. The smallest absolute Gasteiger partial charge is 0.306 e. The van der Waals surface area contributed by atoms with Crippen LogP contribution in [0.5, 0.6) is 11.5 Å². The molecule has 25 heavy (non-hydrogen) atoms. The van der Waals surface area contributed by atoms with Crippen molar-refractivity contribution in [1.82, 2.24) is 0 Å². The minimum atomic E-state index is -0.794. The summed E-state index contributed by atoms with van der Waals surface area (Å²) in [5.74, 6) is 0.855. The summed E-state index contributed by atoms with van der Waals surface area (Å²) in [5.41, 5.74) is 0.533. The number of hydrogen-bond donors (Lipinski definition) is 0. The van der Waals surface area contributed by atoms with E-state index in [1.165, 1.54) is 0 Å². The number of carbonyl (C=O) groups excluding carboxylic acids is 2. The number of hydrogen-bond acceptors (Lipinski definition) is 5. The number of methoxy groups -OCH3 is 1. The summed E-state index contributed by atoms with van der Waals surface area (Å²) in [6.07, 6.45) is -0.0861. The Kier molecular flexibility index (Phi) is 7.01. The van der Waals surface area contributed by atoms with E-state index in [0.717, 1.165) is 5.75 Å². The van der Waals surface area contributed by atoms with Crippen molar-refractivity contribution in [3.8, 4) is 11.5 Å². The molecule has 2 rings (SSSR count). The van der Waals surface area contributed by atoms with Gasteiger partial charge in [-0.1, -0.05) is 30.3 Å². The molecule has 0 heterocycles. The van der Waals surface area contributed by atoms with Crippen molar-refractivity contribution in [2.45, 2.75) is 25.9 Å². The SMILES string of the molecule is COc1ccc(OCCCC(=O)OC(C)C(=O)c2ccccc2)cc1. The van der Waals surface area contributed by atoms with Gasteiger partial charge in [0.05, 0.1) is 13.7 Å². The molecular weight excluding hydrogens is 320 g/mol. The Morgan fingerprint density at radius 2 is 1.60 bits per heavy atom. The average Bonchev–Trinajstić information content (AvgIpc) is 2.65. The Labute approximate surface area is 147 Å². The Morgan fingerprint density at radius 1 is 0.960 bits per heavy atom. The van der Waals surface area contributed by atoms with Crippen molar-refractivity contribution in [2.24, 2.45) is 0 Å². The largest absolute Gasteiger partial charge is 0.497 e. The lowest BCUT2D eigenvalue weighted by Crippen LogP contribution is -2.24. The van der Waals surface area contributed by atoms with E-state index >= 15 is 0 Å². The molecule has 0 bridgehead atoms. The molecular formula is C20H22O5. The van der Waals surface area contributed by atoms with Crippen molar-refractivity contribution < 1.29 is 23.8 Å². The van der Waals surface area contributed by atoms with E-state index in [1.54, 1.807) is 62.6 Å². The number of benzene rings is 2. The van der Waals surface area contributed by atoms with E-state index < -0.39 is 12.1 Å². The third-order valence-corrected chi connectivity index (χ3v) is 3.59. The monoisotopic (exact) mass is 342 g/mol. The van der Waals surface area contributed by atoms with Crippen LogP contribution >= 0.6 is 0 Å². The molecule has 0 saturated carbocycles. The topological polar surface area (TPSA) is 61.8 Å². The second-order valence-electron chi connectivity index (χ2n) is 5.49. The molecule has 132 valence electrons. The Morgan fingerprint density at radius 3 is 2.24 bits per heavy atom. The summed E-state index contributed by atoms with van der Waals surface area (Å²) < 4.78 is 15.8. The summed E-state index contributed by atoms with van der Waals surface area (Å²) in [6, 6.07) is 16.0. The summed E-state index contributed by atoms with van der Waals surface area (Å²) in [4.78, 5) is 24.0. The van der Waals surface area contributed by atoms with Gasteiger partial charge >= 0.3 is 5.97 Å². The molecule has 5 heteroatoms. The fourth-order valence-corrected chi connectivity index (χ4v) is 2.23. The minimum Gasteiger partial charge on any atom is -0.497 e. The van der Waals surface area contributed by atoms with Gasteiger partial charge in [-0.3, -0.25) is 9.59 Å². The van der Waals surface area contributed by atoms with Gasteiger partial charge in [-0.05, 0) is 37.6 Å². The Bertz CT molecular complexity index is 679. The molecule has 1 atom stereocenters. The molecule has 0 radical (unpaired) electrons. The van der Waals surface area contributed by atoms with Gasteiger partial charge in [-0.25, -0.2) is 0 Å². The standard InChI is InChI=1S/C20H22O5/c1-15(20(22)16-7-4-3-5-8-16)25-19(21)9-6-14-24-18-12-10-17(23-2)11-13-18/h3-5,7-8,10-13,15H,6,9,14H2,1-2H3. The van der Waals surface area contributed by atoms with Crippen molar-refractivity contribution in [1.29, 1.82) is 0 Å². The number of carbonyl (C=O) groups is 2. The van der Waals surface area contributed by atoms with E-state index in [9.17, 15) is 9.59 Å². The molecule has 0 fully saturated rings. The fourth-order valence-electron chi connectivity index (χ4n) is 2.23. The lowest BCUT2D eigenvalue weighted by atomic mass is 10.1. The first-order chi connectivity index (χ1) is 12.1. The molecule has 5 nitrogen and oxygen atoms in total. The van der Waals surface area contributed by atoms with Crippen LogP contribution in [0, 0.1) is 0 Å². The predicted molar refractivity (Wildman–Crippen MR) is 94.0 cm³/mol. The molecule has 0 aromatic heterocycles. The third kappa shape index (κ3) is 5.95. The highest BCUT2D eigenvalue weighted by Gasteiger charge is 2.18. The van der Waals surface area contributed by atoms with Crippen molar-refractivity contribution in [3.63, 3.8) is 0 Å². The zero-order valence-corrected chi connectivity index (χ0v) is 14.4. The van der Waals surface area contributed by atoms with Crippen LogP contribution in [0.25, 0.3) is 0 Å². The van der Waals surface area contributed by atoms with Crippen LogP contribution in [0.2, 0.25) is 0 Å². The van der Waals surface area contributed by atoms with Gasteiger partial charge in [0.15, 0.2) is 6.10 Å². The van der Waals surface area contributed by atoms with E-state index in [0.29, 0.717) is 24.3 Å². The average molecular weight is 342 g/mol. The van der Waals surface area contributed by atoms with E-state index in [1.807, 2.05) is 6.07 Å². The number of ketones is 1. The minimum absolute atomic E-state index is 0.197.